The molecular weight excluding hydrogens is 326 g/mol. The molecule has 5 heteroatoms. The molecule has 1 atom stereocenters. The topological polar surface area (TPSA) is 62.3 Å². The predicted octanol–water partition coefficient (Wildman–Crippen LogP) is 3.27. The van der Waals surface area contributed by atoms with Crippen LogP contribution in [0.5, 0.6) is 0 Å². The van der Waals surface area contributed by atoms with Crippen LogP contribution in [0.1, 0.15) is 42.6 Å². The second-order valence-corrected chi connectivity index (χ2v) is 7.29. The van der Waals surface area contributed by atoms with Crippen LogP contribution in [-0.2, 0) is 4.79 Å². The minimum absolute atomic E-state index is 0.132. The Morgan fingerprint density at radius 3 is 2.96 bits per heavy atom. The van der Waals surface area contributed by atoms with Crippen molar-refractivity contribution in [2.45, 2.75) is 32.1 Å². The van der Waals surface area contributed by atoms with E-state index in [4.69, 9.17) is 0 Å². The van der Waals surface area contributed by atoms with Gasteiger partial charge in [0.2, 0.25) is 5.91 Å². The van der Waals surface area contributed by atoms with Crippen molar-refractivity contribution in [2.24, 2.45) is 5.41 Å². The van der Waals surface area contributed by atoms with Gasteiger partial charge in [-0.1, -0.05) is 30.3 Å². The molecule has 1 N–H and O–H groups in total. The number of fused-ring (bicyclic) bond motifs is 2. The molecule has 1 aromatic carbocycles. The monoisotopic (exact) mass is 349 g/mol. The zero-order valence-electron chi connectivity index (χ0n) is 15.0. The quantitative estimate of drug-likeness (QED) is 0.925. The Morgan fingerprint density at radius 1 is 1.23 bits per heavy atom. The first-order valence-corrected chi connectivity index (χ1v) is 9.20. The maximum Gasteiger partial charge on any atom is 0.269 e. The van der Waals surface area contributed by atoms with E-state index in [1.54, 1.807) is 11.0 Å². The van der Waals surface area contributed by atoms with Gasteiger partial charge in [0.05, 0.1) is 5.52 Å². The lowest BCUT2D eigenvalue weighted by Crippen LogP contribution is -2.49. The summed E-state index contributed by atoms with van der Waals surface area (Å²) in [6, 6.07) is 11.5. The number of pyridine rings is 1. The Bertz CT molecular complexity index is 905. The van der Waals surface area contributed by atoms with Crippen molar-refractivity contribution >= 4 is 22.7 Å². The molecule has 2 heterocycles. The summed E-state index contributed by atoms with van der Waals surface area (Å²) in [5.74, 6) is 0.00546. The molecule has 0 spiro atoms. The molecule has 1 aliphatic carbocycles. The molecule has 4 rings (SSSR count). The van der Waals surface area contributed by atoms with Gasteiger partial charge in [0, 0.05) is 36.5 Å². The van der Waals surface area contributed by atoms with Gasteiger partial charge >= 0.3 is 0 Å². The van der Waals surface area contributed by atoms with Crippen LogP contribution >= 0.6 is 0 Å². The highest BCUT2D eigenvalue weighted by molar-refractivity contribution is 5.95. The van der Waals surface area contributed by atoms with Gasteiger partial charge in [0.25, 0.3) is 5.91 Å². The van der Waals surface area contributed by atoms with Crippen LogP contribution in [0, 0.1) is 5.41 Å². The lowest BCUT2D eigenvalue weighted by Gasteiger charge is -2.46. The zero-order valence-corrected chi connectivity index (χ0v) is 15.0. The molecule has 1 aliphatic heterocycles. The molecule has 0 saturated carbocycles. The van der Waals surface area contributed by atoms with E-state index >= 15 is 0 Å². The summed E-state index contributed by atoms with van der Waals surface area (Å²) in [6.07, 6.45) is 6.60. The summed E-state index contributed by atoms with van der Waals surface area (Å²) in [4.78, 5) is 31.0. The third-order valence-electron chi connectivity index (χ3n) is 5.71. The second-order valence-electron chi connectivity index (χ2n) is 7.29. The molecule has 1 aromatic heterocycles. The van der Waals surface area contributed by atoms with E-state index in [9.17, 15) is 9.59 Å². The molecule has 1 fully saturated rings. The van der Waals surface area contributed by atoms with Gasteiger partial charge in [-0.25, -0.2) is 4.98 Å². The van der Waals surface area contributed by atoms with Crippen LogP contribution < -0.4 is 5.32 Å². The number of nitrogens with one attached hydrogen (secondary N) is 1. The minimum Gasteiger partial charge on any atom is -0.350 e. The number of aromatic nitrogens is 1. The Balaban J connectivity index is 1.53. The molecular formula is C21H23N3O2. The maximum atomic E-state index is 12.7. The SMILES string of the molecule is CN1C(=O)CC[C@]2(CNC(=O)c3ccc4ccccc4n3)CCCC=C12. The van der Waals surface area contributed by atoms with E-state index in [2.05, 4.69) is 16.4 Å². The van der Waals surface area contributed by atoms with E-state index in [1.807, 2.05) is 37.4 Å². The Morgan fingerprint density at radius 2 is 2.08 bits per heavy atom. The van der Waals surface area contributed by atoms with Crippen LogP contribution in [0.3, 0.4) is 0 Å². The molecule has 0 unspecified atom stereocenters. The number of carbonyl (C=O) groups is 2. The number of hydrogen-bond acceptors (Lipinski definition) is 3. The molecule has 134 valence electrons. The normalized spacial score (nSPS) is 22.7. The van der Waals surface area contributed by atoms with E-state index in [1.165, 1.54) is 0 Å². The van der Waals surface area contributed by atoms with E-state index in [0.717, 1.165) is 42.3 Å². The molecule has 1 saturated heterocycles. The smallest absolute Gasteiger partial charge is 0.269 e. The van der Waals surface area contributed by atoms with Crippen molar-refractivity contribution < 1.29 is 9.59 Å². The number of allylic oxidation sites excluding steroid dienone is 1. The van der Waals surface area contributed by atoms with Gasteiger partial charge in [-0.2, -0.15) is 0 Å². The van der Waals surface area contributed by atoms with Crippen molar-refractivity contribution in [1.82, 2.24) is 15.2 Å². The van der Waals surface area contributed by atoms with Crippen molar-refractivity contribution in [3.63, 3.8) is 0 Å². The highest BCUT2D eigenvalue weighted by Gasteiger charge is 2.43. The average molecular weight is 349 g/mol. The number of hydrogen-bond donors (Lipinski definition) is 1. The van der Waals surface area contributed by atoms with Gasteiger partial charge in [0.1, 0.15) is 5.69 Å². The van der Waals surface area contributed by atoms with Crippen LogP contribution in [0.25, 0.3) is 10.9 Å². The van der Waals surface area contributed by atoms with Gasteiger partial charge in [-0.05, 0) is 37.8 Å². The van der Waals surface area contributed by atoms with Gasteiger partial charge in [-0.3, -0.25) is 9.59 Å². The highest BCUT2D eigenvalue weighted by atomic mass is 16.2. The largest absolute Gasteiger partial charge is 0.350 e. The first kappa shape index (κ1) is 16.8. The fraction of sp³-hybridized carbons (Fsp3) is 0.381. The van der Waals surface area contributed by atoms with Crippen molar-refractivity contribution in [3.05, 3.63) is 53.9 Å². The van der Waals surface area contributed by atoms with E-state index in [-0.39, 0.29) is 17.2 Å². The summed E-state index contributed by atoms with van der Waals surface area (Å²) < 4.78 is 0. The van der Waals surface area contributed by atoms with Crippen LogP contribution in [0.4, 0.5) is 0 Å². The number of piperidine rings is 1. The number of para-hydroxylation sites is 1. The van der Waals surface area contributed by atoms with Crippen molar-refractivity contribution in [1.29, 1.82) is 0 Å². The Hall–Kier alpha value is -2.69. The third-order valence-corrected chi connectivity index (χ3v) is 5.71. The van der Waals surface area contributed by atoms with E-state index < -0.39 is 0 Å². The Labute approximate surface area is 153 Å². The first-order chi connectivity index (χ1) is 12.6. The van der Waals surface area contributed by atoms with Gasteiger partial charge in [-0.15, -0.1) is 0 Å². The fourth-order valence-corrected chi connectivity index (χ4v) is 4.22. The number of benzene rings is 1. The van der Waals surface area contributed by atoms with Crippen LogP contribution in [-0.4, -0.2) is 35.3 Å². The van der Waals surface area contributed by atoms with Crippen molar-refractivity contribution in [2.75, 3.05) is 13.6 Å². The number of likely N-dealkylation sites (tertiary alicyclic amines) is 1. The summed E-state index contributed by atoms with van der Waals surface area (Å²) in [6.45, 7) is 0.545. The summed E-state index contributed by atoms with van der Waals surface area (Å²) in [5.41, 5.74) is 2.20. The standard InChI is InChI=1S/C21H23N3O2/c1-24-18-8-4-5-12-21(18,13-11-19(24)25)14-22-20(26)17-10-9-15-6-2-3-7-16(15)23-17/h2-3,6-10H,4-5,11-14H2,1H3,(H,22,26)/t21-/m0/s1. The lowest BCUT2D eigenvalue weighted by molar-refractivity contribution is -0.132. The van der Waals surface area contributed by atoms with E-state index in [0.29, 0.717) is 18.7 Å². The molecule has 0 bridgehead atoms. The van der Waals surface area contributed by atoms with Crippen LogP contribution in [0.2, 0.25) is 0 Å². The summed E-state index contributed by atoms with van der Waals surface area (Å²) in [5, 5.41) is 4.10. The number of rotatable bonds is 3. The van der Waals surface area contributed by atoms with Crippen LogP contribution in [0.15, 0.2) is 48.2 Å². The zero-order chi connectivity index (χ0) is 18.1. The molecule has 2 aromatic rings. The van der Waals surface area contributed by atoms with Crippen molar-refractivity contribution in [3.8, 4) is 0 Å². The predicted molar refractivity (Wildman–Crippen MR) is 100 cm³/mol. The van der Waals surface area contributed by atoms with Gasteiger partial charge < -0.3 is 10.2 Å². The number of carbonyl (C=O) groups excluding carboxylic acids is 2. The number of amides is 2. The Kier molecular flexibility index (Phi) is 4.23. The minimum atomic E-state index is -0.158. The molecule has 5 nitrogen and oxygen atoms in total. The summed E-state index contributed by atoms with van der Waals surface area (Å²) >= 11 is 0. The highest BCUT2D eigenvalue weighted by Crippen LogP contribution is 2.45. The maximum absolute atomic E-state index is 12.7. The third kappa shape index (κ3) is 2.87. The average Bonchev–Trinajstić information content (AvgIpc) is 2.69. The molecule has 26 heavy (non-hydrogen) atoms. The second kappa shape index (κ2) is 6.56. The van der Waals surface area contributed by atoms with Gasteiger partial charge in [0.15, 0.2) is 0 Å². The molecule has 0 radical (unpaired) electrons. The fourth-order valence-electron chi connectivity index (χ4n) is 4.22. The lowest BCUT2D eigenvalue weighted by atomic mass is 9.70. The number of nitrogens with zero attached hydrogens (tertiary/aromatic N) is 2. The summed E-state index contributed by atoms with van der Waals surface area (Å²) in [7, 11) is 1.85. The molecule has 2 aliphatic rings. The molecule has 2 amide bonds. The first-order valence-electron chi connectivity index (χ1n) is 9.20.